The molecular weight excluding hydrogens is 544 g/mol. The van der Waals surface area contributed by atoms with E-state index >= 15 is 0 Å². The van der Waals surface area contributed by atoms with E-state index < -0.39 is 15.4 Å². The topological polar surface area (TPSA) is 138 Å². The second kappa shape index (κ2) is 11.6. The number of aromatic nitrogens is 3. The number of anilines is 1. The van der Waals surface area contributed by atoms with E-state index in [1.807, 2.05) is 51.1 Å². The number of likely N-dealkylation sites (tertiary alicyclic amines) is 1. The second-order valence-electron chi connectivity index (χ2n) is 11.6. The first-order valence-electron chi connectivity index (χ1n) is 13.8. The molecule has 11 nitrogen and oxygen atoms in total. The Morgan fingerprint density at radius 3 is 2.51 bits per heavy atom. The first kappa shape index (κ1) is 28.7. The minimum atomic E-state index is -2.93. The lowest BCUT2D eigenvalue weighted by molar-refractivity contribution is 0.0292. The van der Waals surface area contributed by atoms with E-state index in [-0.39, 0.29) is 29.4 Å². The average Bonchev–Trinajstić information content (AvgIpc) is 3.60. The Hall–Kier alpha value is -3.77. The van der Waals surface area contributed by atoms with E-state index in [1.165, 1.54) is 0 Å². The van der Waals surface area contributed by atoms with Crippen LogP contribution in [-0.2, 0) is 21.1 Å². The summed E-state index contributed by atoms with van der Waals surface area (Å²) in [4.78, 5) is 33.8. The van der Waals surface area contributed by atoms with Crippen molar-refractivity contribution in [2.24, 2.45) is 0 Å². The van der Waals surface area contributed by atoms with Crippen molar-refractivity contribution < 1.29 is 22.7 Å². The first-order chi connectivity index (χ1) is 19.4. The molecule has 0 radical (unpaired) electrons. The lowest BCUT2D eigenvalue weighted by Gasteiger charge is -2.26. The molecule has 0 aliphatic carbocycles. The lowest BCUT2D eigenvalue weighted by atomic mass is 10.1. The number of rotatable bonds is 6. The van der Waals surface area contributed by atoms with Crippen molar-refractivity contribution in [2.75, 3.05) is 43.0 Å². The molecule has 2 fully saturated rings. The number of aromatic amines is 1. The minimum absolute atomic E-state index is 0.0565. The molecule has 0 saturated carbocycles. The molecule has 1 atom stereocenters. The Kier molecular flexibility index (Phi) is 8.14. The number of amides is 2. The Labute approximate surface area is 240 Å². The maximum Gasteiger partial charge on any atom is 0.410 e. The molecule has 2 amide bonds. The number of hydrogen-bond donors (Lipinski definition) is 2. The van der Waals surface area contributed by atoms with E-state index in [1.54, 1.807) is 23.1 Å². The highest BCUT2D eigenvalue weighted by Crippen LogP contribution is 2.28. The van der Waals surface area contributed by atoms with Gasteiger partial charge in [0.1, 0.15) is 11.4 Å². The monoisotopic (exact) mass is 580 g/mol. The summed E-state index contributed by atoms with van der Waals surface area (Å²) in [6.07, 6.45) is 0.462. The number of benzene rings is 2. The SMILES string of the molecule is CC(C)(C)OC(=O)N1CCC(c2nc(-c3ccc(NC(=O)c4cccc(CN5CCS(=O)(=O)CC5)c4)cc3)n[nH]2)C1. The zero-order valence-corrected chi connectivity index (χ0v) is 24.4. The van der Waals surface area contributed by atoms with Crippen LogP contribution in [0, 0.1) is 0 Å². The van der Waals surface area contributed by atoms with Gasteiger partial charge in [-0.15, -0.1) is 0 Å². The van der Waals surface area contributed by atoms with E-state index in [9.17, 15) is 18.0 Å². The average molecular weight is 581 g/mol. The standard InChI is InChI=1S/C29H36N6O5S/c1-29(2,3)40-28(37)35-12-11-23(19-35)26-31-25(32-33-26)21-7-9-24(10-8-21)30-27(36)22-6-4-5-20(17-22)18-34-13-15-41(38,39)16-14-34/h4-10,17,23H,11-16,18-19H2,1-3H3,(H,30,36)(H,31,32,33). The summed E-state index contributed by atoms with van der Waals surface area (Å²) in [5.41, 5.74) is 2.41. The summed E-state index contributed by atoms with van der Waals surface area (Å²) >= 11 is 0. The number of sulfone groups is 1. The van der Waals surface area contributed by atoms with Gasteiger partial charge in [0.2, 0.25) is 0 Å². The van der Waals surface area contributed by atoms with E-state index in [0.717, 1.165) is 23.4 Å². The minimum Gasteiger partial charge on any atom is -0.444 e. The lowest BCUT2D eigenvalue weighted by Crippen LogP contribution is -2.39. The molecule has 12 heteroatoms. The molecule has 2 aliphatic rings. The summed E-state index contributed by atoms with van der Waals surface area (Å²) < 4.78 is 28.9. The maximum absolute atomic E-state index is 12.9. The third-order valence-corrected chi connectivity index (χ3v) is 8.77. The molecule has 1 aromatic heterocycles. The van der Waals surface area contributed by atoms with Crippen molar-refractivity contribution in [2.45, 2.75) is 45.3 Å². The van der Waals surface area contributed by atoms with Crippen LogP contribution >= 0.6 is 0 Å². The highest BCUT2D eigenvalue weighted by molar-refractivity contribution is 7.91. The molecule has 0 spiro atoms. The summed E-state index contributed by atoms with van der Waals surface area (Å²) in [5.74, 6) is 1.45. The van der Waals surface area contributed by atoms with Gasteiger partial charge in [0.05, 0.1) is 11.5 Å². The van der Waals surface area contributed by atoms with Gasteiger partial charge in [-0.3, -0.25) is 14.8 Å². The van der Waals surface area contributed by atoms with Gasteiger partial charge in [0, 0.05) is 55.5 Å². The van der Waals surface area contributed by atoms with Crippen LogP contribution < -0.4 is 5.32 Å². The van der Waals surface area contributed by atoms with Gasteiger partial charge >= 0.3 is 6.09 Å². The number of carbonyl (C=O) groups excluding carboxylic acids is 2. The second-order valence-corrected chi connectivity index (χ2v) is 13.9. The van der Waals surface area contributed by atoms with Crippen LogP contribution in [0.3, 0.4) is 0 Å². The molecule has 1 unspecified atom stereocenters. The van der Waals surface area contributed by atoms with Crippen LogP contribution in [0.4, 0.5) is 10.5 Å². The Balaban J connectivity index is 1.16. The van der Waals surface area contributed by atoms with Gasteiger partial charge in [0.25, 0.3) is 5.91 Å². The summed E-state index contributed by atoms with van der Waals surface area (Å²) in [6.45, 7) is 8.29. The highest BCUT2D eigenvalue weighted by atomic mass is 32.2. The molecule has 2 aliphatic heterocycles. The van der Waals surface area contributed by atoms with Crippen molar-refractivity contribution in [3.63, 3.8) is 0 Å². The number of hydrogen-bond acceptors (Lipinski definition) is 8. The molecule has 0 bridgehead atoms. The van der Waals surface area contributed by atoms with Gasteiger partial charge in [0.15, 0.2) is 15.7 Å². The Morgan fingerprint density at radius 1 is 1.07 bits per heavy atom. The van der Waals surface area contributed by atoms with Crippen LogP contribution in [0.25, 0.3) is 11.4 Å². The third-order valence-electron chi connectivity index (χ3n) is 7.16. The van der Waals surface area contributed by atoms with Gasteiger partial charge in [-0.05, 0) is 69.2 Å². The molecule has 2 aromatic carbocycles. The van der Waals surface area contributed by atoms with Gasteiger partial charge in [-0.2, -0.15) is 5.10 Å². The molecule has 218 valence electrons. The fourth-order valence-corrected chi connectivity index (χ4v) is 6.22. The third kappa shape index (κ3) is 7.50. The number of carbonyl (C=O) groups is 2. The van der Waals surface area contributed by atoms with E-state index in [0.29, 0.717) is 49.8 Å². The number of ether oxygens (including phenoxy) is 1. The van der Waals surface area contributed by atoms with Crippen LogP contribution in [0.1, 0.15) is 54.9 Å². The van der Waals surface area contributed by atoms with Crippen molar-refractivity contribution in [1.29, 1.82) is 0 Å². The maximum atomic E-state index is 12.9. The summed E-state index contributed by atoms with van der Waals surface area (Å²) in [7, 11) is -2.93. The van der Waals surface area contributed by atoms with Gasteiger partial charge in [-0.25, -0.2) is 18.2 Å². The fraction of sp³-hybridized carbons (Fsp3) is 0.448. The van der Waals surface area contributed by atoms with Crippen molar-refractivity contribution in [1.82, 2.24) is 25.0 Å². The predicted molar refractivity (Wildman–Crippen MR) is 155 cm³/mol. The zero-order valence-electron chi connectivity index (χ0n) is 23.6. The van der Waals surface area contributed by atoms with Crippen LogP contribution in [0.2, 0.25) is 0 Å². The predicted octanol–water partition coefficient (Wildman–Crippen LogP) is 3.68. The van der Waals surface area contributed by atoms with Crippen LogP contribution in [0.5, 0.6) is 0 Å². The highest BCUT2D eigenvalue weighted by Gasteiger charge is 2.32. The van der Waals surface area contributed by atoms with Crippen LogP contribution in [-0.4, -0.2) is 88.7 Å². The molecule has 2 N–H and O–H groups in total. The normalized spacial score (nSPS) is 19.2. The van der Waals surface area contributed by atoms with Gasteiger partial charge < -0.3 is 15.0 Å². The van der Waals surface area contributed by atoms with E-state index in [2.05, 4.69) is 25.4 Å². The number of nitrogens with zero attached hydrogens (tertiary/aromatic N) is 4. The summed E-state index contributed by atoms with van der Waals surface area (Å²) in [5, 5.41) is 10.3. The molecule has 3 heterocycles. The molecule has 2 saturated heterocycles. The van der Waals surface area contributed by atoms with Crippen LogP contribution in [0.15, 0.2) is 48.5 Å². The zero-order chi connectivity index (χ0) is 29.2. The Bertz CT molecular complexity index is 1500. The van der Waals surface area contributed by atoms with Crippen molar-refractivity contribution in [3.8, 4) is 11.4 Å². The van der Waals surface area contributed by atoms with Crippen molar-refractivity contribution >= 4 is 27.5 Å². The number of nitrogens with one attached hydrogen (secondary N) is 2. The quantitative estimate of drug-likeness (QED) is 0.451. The first-order valence-corrected chi connectivity index (χ1v) is 15.6. The molecule has 5 rings (SSSR count). The largest absolute Gasteiger partial charge is 0.444 e. The fourth-order valence-electron chi connectivity index (χ4n) is 4.95. The molecule has 3 aromatic rings. The van der Waals surface area contributed by atoms with Crippen molar-refractivity contribution in [3.05, 3.63) is 65.5 Å². The molecule has 41 heavy (non-hydrogen) atoms. The summed E-state index contributed by atoms with van der Waals surface area (Å²) in [6, 6.07) is 14.7. The molecular formula is C29H36N6O5S. The van der Waals surface area contributed by atoms with E-state index in [4.69, 9.17) is 4.74 Å². The smallest absolute Gasteiger partial charge is 0.410 e. The van der Waals surface area contributed by atoms with Gasteiger partial charge in [-0.1, -0.05) is 12.1 Å². The number of H-pyrrole nitrogens is 1. The Morgan fingerprint density at radius 2 is 1.80 bits per heavy atom.